The predicted molar refractivity (Wildman–Crippen MR) is 71.0 cm³/mol. The molecule has 0 saturated heterocycles. The zero-order valence-corrected chi connectivity index (χ0v) is 12.6. The maximum absolute atomic E-state index is 11.9. The van der Waals surface area contributed by atoms with Gasteiger partial charge in [0.05, 0.1) is 4.90 Å². The molecule has 0 atom stereocenters. The lowest BCUT2D eigenvalue weighted by atomic mass is 10.4. The summed E-state index contributed by atoms with van der Waals surface area (Å²) >= 11 is 6.46. The molecule has 2 N–H and O–H groups in total. The van der Waals surface area contributed by atoms with Crippen LogP contribution < -0.4 is 10.0 Å². The summed E-state index contributed by atoms with van der Waals surface area (Å²) in [7, 11) is -1.69. The van der Waals surface area contributed by atoms with Crippen LogP contribution in [0.1, 0.15) is 0 Å². The first-order valence-electron chi connectivity index (χ1n) is 4.56. The van der Waals surface area contributed by atoms with E-state index in [1.165, 1.54) is 0 Å². The van der Waals surface area contributed by atoms with E-state index in [-0.39, 0.29) is 4.90 Å². The number of halogens is 2. The van der Waals surface area contributed by atoms with Crippen molar-refractivity contribution in [1.29, 1.82) is 0 Å². The molecule has 90 valence electrons. The summed E-state index contributed by atoms with van der Waals surface area (Å²) in [6.07, 6.45) is 0. The fourth-order valence-corrected chi connectivity index (χ4v) is 3.60. The fourth-order valence-electron chi connectivity index (χ4n) is 1.07. The number of sulfonamides is 1. The number of rotatable bonds is 5. The summed E-state index contributed by atoms with van der Waals surface area (Å²) in [6.45, 7) is 0.947. The molecule has 0 aliphatic heterocycles. The van der Waals surface area contributed by atoms with Gasteiger partial charge in [-0.15, -0.1) is 0 Å². The fraction of sp³-hybridized carbons (Fsp3) is 0.333. The van der Waals surface area contributed by atoms with E-state index in [4.69, 9.17) is 0 Å². The molecule has 0 fully saturated rings. The maximum atomic E-state index is 11.9. The van der Waals surface area contributed by atoms with Crippen molar-refractivity contribution < 1.29 is 8.42 Å². The summed E-state index contributed by atoms with van der Waals surface area (Å²) in [4.78, 5) is 0.234. The molecule has 0 bridgehead atoms. The average Bonchev–Trinajstić information content (AvgIpc) is 2.22. The van der Waals surface area contributed by atoms with Gasteiger partial charge in [0.25, 0.3) is 0 Å². The highest BCUT2D eigenvalue weighted by molar-refractivity contribution is 9.11. The molecule has 7 heteroatoms. The third-order valence-electron chi connectivity index (χ3n) is 1.85. The van der Waals surface area contributed by atoms with E-state index in [0.29, 0.717) is 17.6 Å². The molecule has 0 heterocycles. The number of hydrogen-bond donors (Lipinski definition) is 2. The second kappa shape index (κ2) is 6.11. The lowest BCUT2D eigenvalue weighted by molar-refractivity contribution is 0.579. The van der Waals surface area contributed by atoms with Gasteiger partial charge in [0, 0.05) is 22.0 Å². The highest BCUT2D eigenvalue weighted by Crippen LogP contribution is 2.25. The SMILES string of the molecule is CNCCNS(=O)(=O)c1cc(Br)ccc1Br. The highest BCUT2D eigenvalue weighted by Gasteiger charge is 2.16. The summed E-state index contributed by atoms with van der Waals surface area (Å²) in [5, 5.41) is 2.87. The largest absolute Gasteiger partial charge is 0.318 e. The molecule has 1 aromatic rings. The van der Waals surface area contributed by atoms with E-state index >= 15 is 0 Å². The van der Waals surface area contributed by atoms with E-state index in [9.17, 15) is 8.42 Å². The number of nitrogens with one attached hydrogen (secondary N) is 2. The van der Waals surface area contributed by atoms with Crippen molar-refractivity contribution >= 4 is 41.9 Å². The van der Waals surface area contributed by atoms with Gasteiger partial charge in [0.1, 0.15) is 0 Å². The van der Waals surface area contributed by atoms with Crippen LogP contribution in [0.15, 0.2) is 32.0 Å². The van der Waals surface area contributed by atoms with Crippen LogP contribution >= 0.6 is 31.9 Å². The van der Waals surface area contributed by atoms with Crippen LogP contribution in [0.3, 0.4) is 0 Å². The first kappa shape index (κ1) is 14.1. The Morgan fingerprint density at radius 2 is 1.94 bits per heavy atom. The van der Waals surface area contributed by atoms with E-state index in [1.807, 2.05) is 0 Å². The summed E-state index contributed by atoms with van der Waals surface area (Å²) in [5.41, 5.74) is 0. The van der Waals surface area contributed by atoms with Crippen molar-refractivity contribution in [3.8, 4) is 0 Å². The van der Waals surface area contributed by atoms with Crippen molar-refractivity contribution in [3.05, 3.63) is 27.1 Å². The van der Waals surface area contributed by atoms with E-state index < -0.39 is 10.0 Å². The molecular formula is C9H12Br2N2O2S. The number of benzene rings is 1. The van der Waals surface area contributed by atoms with Crippen LogP contribution in [0, 0.1) is 0 Å². The zero-order valence-electron chi connectivity index (χ0n) is 8.63. The molecule has 0 aliphatic rings. The van der Waals surface area contributed by atoms with Gasteiger partial charge in [-0.2, -0.15) is 0 Å². The Labute approximate surface area is 112 Å². The van der Waals surface area contributed by atoms with Crippen molar-refractivity contribution in [2.45, 2.75) is 4.90 Å². The van der Waals surface area contributed by atoms with Crippen LogP contribution in [0.25, 0.3) is 0 Å². The minimum absolute atomic E-state index is 0.234. The lowest BCUT2D eigenvalue weighted by Gasteiger charge is -2.08. The first-order chi connectivity index (χ1) is 7.47. The maximum Gasteiger partial charge on any atom is 0.241 e. The molecule has 0 spiro atoms. The van der Waals surface area contributed by atoms with Gasteiger partial charge in [0.15, 0.2) is 0 Å². The van der Waals surface area contributed by atoms with Crippen LogP contribution in [0.4, 0.5) is 0 Å². The standard InChI is InChI=1S/C9H12Br2N2O2S/c1-12-4-5-13-16(14,15)9-6-7(10)2-3-8(9)11/h2-3,6,12-13H,4-5H2,1H3. The molecule has 0 aliphatic carbocycles. The van der Waals surface area contributed by atoms with Crippen LogP contribution in [-0.2, 0) is 10.0 Å². The first-order valence-corrected chi connectivity index (χ1v) is 7.63. The molecule has 0 radical (unpaired) electrons. The Hall–Kier alpha value is 0.0500. The minimum Gasteiger partial charge on any atom is -0.318 e. The Morgan fingerprint density at radius 3 is 2.56 bits per heavy atom. The van der Waals surface area contributed by atoms with E-state index in [2.05, 4.69) is 41.9 Å². The smallest absolute Gasteiger partial charge is 0.241 e. The second-order valence-electron chi connectivity index (χ2n) is 3.08. The van der Waals surface area contributed by atoms with Gasteiger partial charge in [-0.1, -0.05) is 15.9 Å². The molecule has 0 unspecified atom stereocenters. The summed E-state index contributed by atoms with van der Waals surface area (Å²) < 4.78 is 27.6. The number of hydrogen-bond acceptors (Lipinski definition) is 3. The molecular weight excluding hydrogens is 360 g/mol. The van der Waals surface area contributed by atoms with Gasteiger partial charge < -0.3 is 5.32 Å². The van der Waals surface area contributed by atoms with E-state index in [1.54, 1.807) is 25.2 Å². The van der Waals surface area contributed by atoms with Gasteiger partial charge in [-0.25, -0.2) is 13.1 Å². The second-order valence-corrected chi connectivity index (χ2v) is 6.58. The van der Waals surface area contributed by atoms with Crippen molar-refractivity contribution in [1.82, 2.24) is 10.0 Å². The van der Waals surface area contributed by atoms with Crippen LogP contribution in [-0.4, -0.2) is 28.6 Å². The third-order valence-corrected chi connectivity index (χ3v) is 4.80. The van der Waals surface area contributed by atoms with Crippen LogP contribution in [0.5, 0.6) is 0 Å². The molecule has 0 amide bonds. The van der Waals surface area contributed by atoms with Gasteiger partial charge in [-0.3, -0.25) is 0 Å². The summed E-state index contributed by atoms with van der Waals surface area (Å²) in [5.74, 6) is 0. The Bertz CT molecular complexity index is 463. The Morgan fingerprint density at radius 1 is 1.25 bits per heavy atom. The lowest BCUT2D eigenvalue weighted by Crippen LogP contribution is -2.30. The predicted octanol–water partition coefficient (Wildman–Crippen LogP) is 1.71. The van der Waals surface area contributed by atoms with Crippen molar-refractivity contribution in [2.24, 2.45) is 0 Å². The monoisotopic (exact) mass is 370 g/mol. The highest BCUT2D eigenvalue weighted by atomic mass is 79.9. The topological polar surface area (TPSA) is 58.2 Å². The Balaban J connectivity index is 2.93. The molecule has 1 aromatic carbocycles. The van der Waals surface area contributed by atoms with Gasteiger partial charge in [-0.05, 0) is 41.2 Å². The Kier molecular flexibility index (Phi) is 5.39. The van der Waals surface area contributed by atoms with Gasteiger partial charge >= 0.3 is 0 Å². The summed E-state index contributed by atoms with van der Waals surface area (Å²) in [6, 6.07) is 5.03. The molecule has 1 rings (SSSR count). The minimum atomic E-state index is -3.45. The average molecular weight is 372 g/mol. The van der Waals surface area contributed by atoms with Crippen LogP contribution in [0.2, 0.25) is 0 Å². The third kappa shape index (κ3) is 3.81. The quantitative estimate of drug-likeness (QED) is 0.774. The van der Waals surface area contributed by atoms with Crippen molar-refractivity contribution in [2.75, 3.05) is 20.1 Å². The zero-order chi connectivity index (χ0) is 12.2. The molecule has 16 heavy (non-hydrogen) atoms. The van der Waals surface area contributed by atoms with Crippen molar-refractivity contribution in [3.63, 3.8) is 0 Å². The number of likely N-dealkylation sites (N-methyl/N-ethyl adjacent to an activating group) is 1. The van der Waals surface area contributed by atoms with E-state index in [0.717, 1.165) is 4.47 Å². The normalized spacial score (nSPS) is 11.7. The van der Waals surface area contributed by atoms with Gasteiger partial charge in [0.2, 0.25) is 10.0 Å². The molecule has 0 saturated carbocycles. The molecule has 0 aromatic heterocycles. The molecule has 4 nitrogen and oxygen atoms in total.